The Bertz CT molecular complexity index is 2090. The summed E-state index contributed by atoms with van der Waals surface area (Å²) in [5, 5.41) is 35.8. The van der Waals surface area contributed by atoms with Crippen molar-refractivity contribution in [3.63, 3.8) is 0 Å². The first-order chi connectivity index (χ1) is 33.3. The van der Waals surface area contributed by atoms with Crippen LogP contribution >= 0.6 is 0 Å². The van der Waals surface area contributed by atoms with E-state index in [9.17, 15) is 24.6 Å². The van der Waals surface area contributed by atoms with Crippen molar-refractivity contribution in [2.24, 2.45) is 17.8 Å². The Labute approximate surface area is 419 Å². The fourth-order valence-corrected chi connectivity index (χ4v) is 11.3. The first kappa shape index (κ1) is 56.3. The van der Waals surface area contributed by atoms with Crippen molar-refractivity contribution in [3.05, 3.63) is 47.3 Å². The van der Waals surface area contributed by atoms with Gasteiger partial charge in [-0.25, -0.2) is 14.3 Å². The van der Waals surface area contributed by atoms with Gasteiger partial charge in [0.25, 0.3) is 0 Å². The molecule has 1 aromatic heterocycles. The van der Waals surface area contributed by atoms with E-state index in [1.165, 1.54) is 7.11 Å². The van der Waals surface area contributed by atoms with Crippen molar-refractivity contribution in [1.29, 1.82) is 0 Å². The average Bonchev–Trinajstić information content (AvgIpc) is 3.89. The van der Waals surface area contributed by atoms with E-state index in [0.29, 0.717) is 25.2 Å². The number of hydrogen-bond donors (Lipinski definition) is 3. The number of aromatic nitrogens is 3. The van der Waals surface area contributed by atoms with Gasteiger partial charge in [0, 0.05) is 38.1 Å². The van der Waals surface area contributed by atoms with Gasteiger partial charge in [-0.1, -0.05) is 55.8 Å². The second-order valence-corrected chi connectivity index (χ2v) is 21.7. The van der Waals surface area contributed by atoms with E-state index >= 15 is 0 Å². The molecule has 1 aromatic carbocycles. The molecule has 400 valence electrons. The van der Waals surface area contributed by atoms with E-state index in [0.717, 1.165) is 11.1 Å². The fourth-order valence-electron chi connectivity index (χ4n) is 11.3. The number of alkyl carbamates (subject to hydrolysis) is 1. The Balaban J connectivity index is 1.28. The lowest BCUT2D eigenvalue weighted by atomic mass is 9.77. The molecule has 0 saturated carbocycles. The number of benzene rings is 1. The quantitative estimate of drug-likeness (QED) is 0.189. The number of nitrogens with zero attached hydrogens (tertiary/aromatic N) is 5. The van der Waals surface area contributed by atoms with Crippen LogP contribution in [0.3, 0.4) is 0 Å². The molecular formula is C51H82N6O14. The van der Waals surface area contributed by atoms with Crippen molar-refractivity contribution in [1.82, 2.24) is 30.1 Å². The summed E-state index contributed by atoms with van der Waals surface area (Å²) in [6, 6.07) is 7.43. The van der Waals surface area contributed by atoms with Crippen LogP contribution in [0.25, 0.3) is 0 Å². The SMILES string of the molecule is CC[C@H]1OC(=O)[C@H](C)[C@@H](O[C@H]2C[C@@](C)(OC)[C@@H](OC(=O)NCc3cn(Cc4ccc(C)cc4)nn3)[C@H](C)O2)[C@H](C)[C@@H](O[C@@H]2O[C@H](C)C[C@H](N(C)C)[C@H]2O)[C@](C)(O)C[C@@H](C)CN(C)[C@H](C)[C@H]2OC(=O)O[C@@]21C. The summed E-state index contributed by atoms with van der Waals surface area (Å²) in [5.74, 6) is -2.70. The summed E-state index contributed by atoms with van der Waals surface area (Å²) in [6.07, 6.45) is -7.92. The Morgan fingerprint density at radius 1 is 0.986 bits per heavy atom. The van der Waals surface area contributed by atoms with Gasteiger partial charge in [-0.15, -0.1) is 5.10 Å². The zero-order valence-electron chi connectivity index (χ0n) is 44.5. The molecule has 4 fully saturated rings. The maximum atomic E-state index is 14.8. The number of fused-ring (bicyclic) bond motifs is 1. The zero-order chi connectivity index (χ0) is 52.3. The van der Waals surface area contributed by atoms with Crippen molar-refractivity contribution in [2.45, 2.75) is 205 Å². The largest absolute Gasteiger partial charge is 0.509 e. The van der Waals surface area contributed by atoms with Crippen molar-refractivity contribution < 1.29 is 67.2 Å². The Kier molecular flexibility index (Phi) is 18.3. The first-order valence-corrected chi connectivity index (χ1v) is 25.2. The van der Waals surface area contributed by atoms with Crippen LogP contribution in [-0.4, -0.2) is 178 Å². The second kappa shape index (κ2) is 23.1. The minimum Gasteiger partial charge on any atom is -0.458 e. The van der Waals surface area contributed by atoms with Gasteiger partial charge in [0.05, 0.1) is 55.2 Å². The predicted octanol–water partition coefficient (Wildman–Crippen LogP) is 4.97. The number of esters is 1. The van der Waals surface area contributed by atoms with Gasteiger partial charge in [-0.3, -0.25) is 9.69 Å². The lowest BCUT2D eigenvalue weighted by Crippen LogP contribution is -2.61. The molecule has 18 atom stereocenters. The number of aryl methyl sites for hydroxylation is 1. The van der Waals surface area contributed by atoms with Crippen LogP contribution in [0.5, 0.6) is 0 Å². The lowest BCUT2D eigenvalue weighted by Gasteiger charge is -2.49. The van der Waals surface area contributed by atoms with Crippen LogP contribution in [0.1, 0.15) is 112 Å². The monoisotopic (exact) mass is 1000 g/mol. The number of aliphatic hydroxyl groups is 2. The summed E-state index contributed by atoms with van der Waals surface area (Å²) in [7, 11) is 7.19. The number of likely N-dealkylation sites (N-methyl/N-ethyl adjacent to an activating group) is 2. The number of aliphatic hydroxyl groups excluding tert-OH is 1. The Morgan fingerprint density at radius 3 is 2.32 bits per heavy atom. The second-order valence-electron chi connectivity index (χ2n) is 21.7. The van der Waals surface area contributed by atoms with E-state index in [-0.39, 0.29) is 49.9 Å². The molecule has 3 N–H and O–H groups in total. The molecule has 4 aliphatic heterocycles. The molecule has 5 heterocycles. The molecule has 0 radical (unpaired) electrons. The van der Waals surface area contributed by atoms with Crippen LogP contribution in [0.4, 0.5) is 9.59 Å². The number of hydrogen-bond acceptors (Lipinski definition) is 18. The van der Waals surface area contributed by atoms with Gasteiger partial charge in [0.15, 0.2) is 30.4 Å². The highest BCUT2D eigenvalue weighted by Crippen LogP contribution is 2.42. The molecule has 4 saturated heterocycles. The molecule has 2 aromatic rings. The fraction of sp³-hybridized carbons (Fsp3) is 0.784. The van der Waals surface area contributed by atoms with Gasteiger partial charge in [0.2, 0.25) is 0 Å². The number of carbonyl (C=O) groups excluding carboxylic acids is 3. The molecule has 0 unspecified atom stereocenters. The van der Waals surface area contributed by atoms with Crippen molar-refractivity contribution in [3.8, 4) is 0 Å². The summed E-state index contributed by atoms with van der Waals surface area (Å²) in [6.45, 7) is 21.2. The minimum atomic E-state index is -1.61. The van der Waals surface area contributed by atoms with Gasteiger partial charge >= 0.3 is 18.2 Å². The number of amides is 1. The topological polar surface area (TPSA) is 224 Å². The van der Waals surface area contributed by atoms with Crippen molar-refractivity contribution >= 4 is 18.2 Å². The number of cyclic esters (lactones) is 1. The van der Waals surface area contributed by atoms with Crippen LogP contribution < -0.4 is 5.32 Å². The third-order valence-electron chi connectivity index (χ3n) is 15.3. The molecule has 0 spiro atoms. The Hall–Kier alpha value is -3.99. The highest BCUT2D eigenvalue weighted by atomic mass is 16.8. The van der Waals surface area contributed by atoms with Crippen LogP contribution in [0.2, 0.25) is 0 Å². The normalized spacial score (nSPS) is 39.9. The number of methoxy groups -OCH3 is 1. The number of nitrogens with one attached hydrogen (secondary N) is 1. The molecule has 1 amide bonds. The Morgan fingerprint density at radius 2 is 1.68 bits per heavy atom. The van der Waals surface area contributed by atoms with Crippen LogP contribution in [-0.2, 0) is 60.5 Å². The number of rotatable bonds is 12. The van der Waals surface area contributed by atoms with E-state index < -0.39 is 102 Å². The molecule has 20 heteroatoms. The van der Waals surface area contributed by atoms with E-state index in [4.69, 9.17) is 42.6 Å². The molecular weight excluding hydrogens is 921 g/mol. The predicted molar refractivity (Wildman–Crippen MR) is 259 cm³/mol. The molecule has 20 nitrogen and oxygen atoms in total. The average molecular weight is 1000 g/mol. The van der Waals surface area contributed by atoms with Crippen molar-refractivity contribution in [2.75, 3.05) is 34.8 Å². The maximum absolute atomic E-state index is 14.8. The summed E-state index contributed by atoms with van der Waals surface area (Å²) >= 11 is 0. The molecule has 6 rings (SSSR count). The van der Waals surface area contributed by atoms with Gasteiger partial charge in [0.1, 0.15) is 23.5 Å². The number of ether oxygens (including phenoxy) is 9. The third-order valence-corrected chi connectivity index (χ3v) is 15.3. The van der Waals surface area contributed by atoms with Crippen LogP contribution in [0.15, 0.2) is 30.5 Å². The minimum absolute atomic E-state index is 0.0460. The molecule has 4 aliphatic rings. The first-order valence-electron chi connectivity index (χ1n) is 25.2. The summed E-state index contributed by atoms with van der Waals surface area (Å²) in [4.78, 5) is 45.1. The van der Waals surface area contributed by atoms with E-state index in [1.807, 2.05) is 96.8 Å². The summed E-state index contributed by atoms with van der Waals surface area (Å²) in [5.41, 5.74) is -1.37. The van der Waals surface area contributed by atoms with E-state index in [2.05, 4.69) is 15.6 Å². The van der Waals surface area contributed by atoms with Gasteiger partial charge in [-0.05, 0) is 107 Å². The smallest absolute Gasteiger partial charge is 0.458 e. The molecule has 0 aliphatic carbocycles. The maximum Gasteiger partial charge on any atom is 0.509 e. The molecule has 71 heavy (non-hydrogen) atoms. The third kappa shape index (κ3) is 13.0. The van der Waals surface area contributed by atoms with Gasteiger partial charge < -0.3 is 63.1 Å². The lowest BCUT2D eigenvalue weighted by molar-refractivity contribution is -0.317. The number of carbonyl (C=O) groups is 3. The highest BCUT2D eigenvalue weighted by molar-refractivity contribution is 5.73. The van der Waals surface area contributed by atoms with E-state index in [1.54, 1.807) is 45.5 Å². The molecule has 0 bridgehead atoms. The zero-order valence-corrected chi connectivity index (χ0v) is 44.5. The highest BCUT2D eigenvalue weighted by Gasteiger charge is 2.58. The van der Waals surface area contributed by atoms with Gasteiger partial charge in [-0.2, -0.15) is 0 Å². The standard InChI is InChI=1S/C51H82N6O14/c1-16-38-51(11)43(70-48(61)71-51)33(7)56(14)25-29(3)22-49(9,62)42(68-46-40(58)37(55(12)13)21-30(4)64-46)31(5)41(32(6)45(59)66-38)67-39-23-50(10,63-15)44(34(8)65-39)69-47(60)52-24-36-27-57(54-53-36)26-35-19-17-28(2)18-20-35/h17-20,27,29-34,37-44,46,58,62H,16,21-26H2,1-15H3,(H,52,60)/t29-,30-,31+,32-,33-,34+,37+,38-,39+,40-,41+,42-,43-,44+,46+,49-,50-,51-/m1/s1. The summed E-state index contributed by atoms with van der Waals surface area (Å²) < 4.78 is 58.5. The van der Waals surface area contributed by atoms with Crippen LogP contribution in [0, 0.1) is 24.7 Å².